The fourth-order valence-electron chi connectivity index (χ4n) is 8.17. The third-order valence-corrected chi connectivity index (χ3v) is 12.4. The van der Waals surface area contributed by atoms with Crippen molar-refractivity contribution in [2.24, 2.45) is 0 Å². The van der Waals surface area contributed by atoms with Crippen LogP contribution in [0.15, 0.2) is 36.5 Å². The van der Waals surface area contributed by atoms with Gasteiger partial charge in [0.1, 0.15) is 36.6 Å². The highest BCUT2D eigenvalue weighted by Crippen LogP contribution is 2.23. The van der Waals surface area contributed by atoms with Gasteiger partial charge in [-0.05, 0) is 70.6 Å². The molecule has 0 aliphatic carbocycles. The molecular weight excluding hydrogens is 799 g/mol. The molecule has 0 bridgehead atoms. The zero-order valence-corrected chi connectivity index (χ0v) is 40.1. The number of unbranched alkanes of at least 4 members (excludes halogenated alkanes) is 25. The predicted octanol–water partition coefficient (Wildman–Crippen LogP) is 9.56. The highest BCUT2D eigenvalue weighted by Gasteiger charge is 2.44. The Bertz CT molecular complexity index is 1120. The topological polar surface area (TPSA) is 189 Å². The third kappa shape index (κ3) is 31.0. The lowest BCUT2D eigenvalue weighted by atomic mass is 9.98. The molecule has 0 aromatic rings. The van der Waals surface area contributed by atoms with E-state index >= 15 is 0 Å². The molecule has 1 saturated heterocycles. The average Bonchev–Trinajstić information content (AvgIpc) is 3.28. The number of carbonyl (C=O) groups excluding carboxylic acids is 1. The van der Waals surface area contributed by atoms with Crippen molar-refractivity contribution < 1.29 is 50.0 Å². The van der Waals surface area contributed by atoms with Crippen molar-refractivity contribution in [3.63, 3.8) is 0 Å². The van der Waals surface area contributed by atoms with Gasteiger partial charge in [0, 0.05) is 0 Å². The molecule has 63 heavy (non-hydrogen) atoms. The Hall–Kier alpha value is -1.67. The number of ether oxygens (including phenoxy) is 2. The first-order valence-electron chi connectivity index (χ1n) is 25.9. The standard InChI is InChI=1S/C52H97NO10/c1-3-5-7-9-11-13-14-15-16-17-18-19-20-21-22-23-24-25-26-27-28-29-30-32-34-36-38-40-45(56)51(61)53-43(42-62-52-50(60)49(59)48(58)46(41-54)63-52)47(57)44(55)39-37-35-33-31-12-10-8-6-4-2/h6,8,21-22,31,33,43-50,52,54-60H,3-5,7,9-20,23-30,32,34-42H2,1-2H3,(H,53,61)/b8-6+,22-21-,33-31+. The molecule has 370 valence electrons. The van der Waals surface area contributed by atoms with E-state index in [0.29, 0.717) is 19.3 Å². The lowest BCUT2D eigenvalue weighted by Crippen LogP contribution is -2.60. The molecule has 9 atom stereocenters. The molecule has 1 rings (SSSR count). The van der Waals surface area contributed by atoms with E-state index in [1.54, 1.807) is 0 Å². The molecule has 1 amide bonds. The molecule has 1 fully saturated rings. The number of rotatable bonds is 43. The molecule has 1 aliphatic rings. The summed E-state index contributed by atoms with van der Waals surface area (Å²) in [6.07, 6.45) is 38.1. The van der Waals surface area contributed by atoms with Crippen LogP contribution in [0.3, 0.4) is 0 Å². The van der Waals surface area contributed by atoms with E-state index in [1.807, 2.05) is 6.08 Å². The maximum atomic E-state index is 13.1. The monoisotopic (exact) mass is 896 g/mol. The summed E-state index contributed by atoms with van der Waals surface area (Å²) < 4.78 is 11.1. The number of allylic oxidation sites excluding steroid dienone is 6. The van der Waals surface area contributed by atoms with Crippen LogP contribution in [0.4, 0.5) is 0 Å². The summed E-state index contributed by atoms with van der Waals surface area (Å²) in [5, 5.41) is 75.5. The Morgan fingerprint density at radius 2 is 1.00 bits per heavy atom. The molecule has 11 heteroatoms. The number of hydrogen-bond acceptors (Lipinski definition) is 10. The van der Waals surface area contributed by atoms with Gasteiger partial charge < -0.3 is 50.5 Å². The smallest absolute Gasteiger partial charge is 0.249 e. The van der Waals surface area contributed by atoms with Crippen molar-refractivity contribution in [1.29, 1.82) is 0 Å². The minimum absolute atomic E-state index is 0.244. The summed E-state index contributed by atoms with van der Waals surface area (Å²) in [5.74, 6) is -0.713. The van der Waals surface area contributed by atoms with Crippen LogP contribution in [0.5, 0.6) is 0 Å². The number of hydrogen-bond donors (Lipinski definition) is 8. The van der Waals surface area contributed by atoms with E-state index in [-0.39, 0.29) is 12.8 Å². The Kier molecular flexibility index (Phi) is 39.3. The van der Waals surface area contributed by atoms with Crippen molar-refractivity contribution in [3.8, 4) is 0 Å². The van der Waals surface area contributed by atoms with Gasteiger partial charge in [0.2, 0.25) is 5.91 Å². The maximum Gasteiger partial charge on any atom is 0.249 e. The lowest BCUT2D eigenvalue weighted by molar-refractivity contribution is -0.303. The van der Waals surface area contributed by atoms with Gasteiger partial charge in [-0.2, -0.15) is 0 Å². The number of aliphatic hydroxyl groups excluding tert-OH is 7. The molecule has 11 nitrogen and oxygen atoms in total. The van der Waals surface area contributed by atoms with Crippen molar-refractivity contribution >= 4 is 5.91 Å². The second-order valence-corrected chi connectivity index (χ2v) is 18.2. The van der Waals surface area contributed by atoms with E-state index in [9.17, 15) is 40.5 Å². The van der Waals surface area contributed by atoms with Crippen LogP contribution in [0.1, 0.15) is 219 Å². The van der Waals surface area contributed by atoms with Gasteiger partial charge in [0.25, 0.3) is 0 Å². The molecule has 9 unspecified atom stereocenters. The fourth-order valence-corrected chi connectivity index (χ4v) is 8.17. The van der Waals surface area contributed by atoms with Crippen molar-refractivity contribution in [1.82, 2.24) is 5.32 Å². The molecule has 0 spiro atoms. The zero-order valence-electron chi connectivity index (χ0n) is 40.1. The molecule has 0 aromatic heterocycles. The summed E-state index contributed by atoms with van der Waals surface area (Å²) in [5.41, 5.74) is 0. The normalized spacial score (nSPS) is 21.4. The summed E-state index contributed by atoms with van der Waals surface area (Å²) in [7, 11) is 0. The van der Waals surface area contributed by atoms with Crippen LogP contribution in [0.2, 0.25) is 0 Å². The third-order valence-electron chi connectivity index (χ3n) is 12.4. The van der Waals surface area contributed by atoms with Crippen LogP contribution in [-0.2, 0) is 14.3 Å². The van der Waals surface area contributed by atoms with Crippen molar-refractivity contribution in [3.05, 3.63) is 36.5 Å². The number of amides is 1. The first-order valence-corrected chi connectivity index (χ1v) is 25.9. The number of nitrogens with one attached hydrogen (secondary N) is 1. The Balaban J connectivity index is 2.25. The molecular formula is C52H97NO10. The maximum absolute atomic E-state index is 13.1. The Morgan fingerprint density at radius 3 is 1.49 bits per heavy atom. The van der Waals surface area contributed by atoms with Gasteiger partial charge in [0.05, 0.1) is 25.4 Å². The minimum atomic E-state index is -1.67. The van der Waals surface area contributed by atoms with Crippen molar-refractivity contribution in [2.75, 3.05) is 13.2 Å². The fraction of sp³-hybridized carbons (Fsp3) is 0.865. The van der Waals surface area contributed by atoms with Crippen LogP contribution in [0, 0.1) is 0 Å². The van der Waals surface area contributed by atoms with Gasteiger partial charge in [-0.1, -0.05) is 185 Å². The Labute approximate surface area is 384 Å². The first kappa shape index (κ1) is 59.3. The van der Waals surface area contributed by atoms with E-state index < -0.39 is 74.2 Å². The van der Waals surface area contributed by atoms with Gasteiger partial charge >= 0.3 is 0 Å². The molecule has 1 heterocycles. The molecule has 0 aromatic carbocycles. The van der Waals surface area contributed by atoms with Crippen molar-refractivity contribution in [2.45, 2.75) is 274 Å². The van der Waals surface area contributed by atoms with E-state index in [2.05, 4.69) is 49.5 Å². The predicted molar refractivity (Wildman–Crippen MR) is 256 cm³/mol. The molecule has 8 N–H and O–H groups in total. The highest BCUT2D eigenvalue weighted by atomic mass is 16.7. The van der Waals surface area contributed by atoms with Crippen LogP contribution >= 0.6 is 0 Å². The molecule has 1 aliphatic heterocycles. The van der Waals surface area contributed by atoms with Crippen LogP contribution < -0.4 is 5.32 Å². The first-order chi connectivity index (χ1) is 30.7. The van der Waals surface area contributed by atoms with E-state index in [1.165, 1.54) is 135 Å². The van der Waals surface area contributed by atoms with Crippen LogP contribution in [0.25, 0.3) is 0 Å². The second kappa shape index (κ2) is 41.7. The summed E-state index contributed by atoms with van der Waals surface area (Å²) in [4.78, 5) is 13.1. The zero-order chi connectivity index (χ0) is 46.2. The van der Waals surface area contributed by atoms with Crippen LogP contribution in [-0.4, -0.2) is 110 Å². The summed E-state index contributed by atoms with van der Waals surface area (Å²) >= 11 is 0. The van der Waals surface area contributed by atoms with Gasteiger partial charge in [-0.25, -0.2) is 0 Å². The molecule has 0 saturated carbocycles. The quantitative estimate of drug-likeness (QED) is 0.0216. The second-order valence-electron chi connectivity index (χ2n) is 18.2. The van der Waals surface area contributed by atoms with Gasteiger partial charge in [0.15, 0.2) is 6.29 Å². The number of aliphatic hydroxyl groups is 7. The van der Waals surface area contributed by atoms with Gasteiger partial charge in [-0.3, -0.25) is 4.79 Å². The number of carbonyl (C=O) groups is 1. The lowest BCUT2D eigenvalue weighted by Gasteiger charge is -2.40. The SMILES string of the molecule is CC/C=C/CC/C=C/CCCC(O)C(O)C(COC1OC(CO)C(O)C(O)C1O)NC(=O)C(O)CCCCCCCCCCCCC/C=C\CCCCCCCCCCCCCC. The van der Waals surface area contributed by atoms with E-state index in [0.717, 1.165) is 38.5 Å². The van der Waals surface area contributed by atoms with Gasteiger partial charge in [-0.15, -0.1) is 0 Å². The highest BCUT2D eigenvalue weighted by molar-refractivity contribution is 5.80. The summed E-state index contributed by atoms with van der Waals surface area (Å²) in [6, 6.07) is -1.19. The largest absolute Gasteiger partial charge is 0.394 e. The molecule has 0 radical (unpaired) electrons. The summed E-state index contributed by atoms with van der Waals surface area (Å²) in [6.45, 7) is 3.29. The average molecular weight is 896 g/mol. The van der Waals surface area contributed by atoms with E-state index in [4.69, 9.17) is 9.47 Å². The minimum Gasteiger partial charge on any atom is -0.394 e. The Morgan fingerprint density at radius 1 is 0.556 bits per heavy atom.